The molecule has 2 fully saturated rings. The van der Waals surface area contributed by atoms with Crippen molar-refractivity contribution in [2.75, 3.05) is 25.1 Å². The van der Waals surface area contributed by atoms with Crippen molar-refractivity contribution >= 4 is 5.82 Å². The van der Waals surface area contributed by atoms with Gasteiger partial charge in [-0.3, -0.25) is 9.97 Å². The van der Waals surface area contributed by atoms with Gasteiger partial charge in [0.2, 0.25) is 0 Å². The largest absolute Gasteiger partial charge is 0.378 e. The molecular formula is C23H33N5O. The molecule has 2 atom stereocenters. The van der Waals surface area contributed by atoms with Gasteiger partial charge in [0, 0.05) is 50.2 Å². The highest BCUT2D eigenvalue weighted by molar-refractivity contribution is 5.73. The Morgan fingerprint density at radius 3 is 2.55 bits per heavy atom. The molecule has 6 nitrogen and oxygen atoms in total. The number of aromatic nitrogens is 3. The second kappa shape index (κ2) is 9.18. The van der Waals surface area contributed by atoms with E-state index in [0.717, 1.165) is 47.8 Å². The molecular weight excluding hydrogens is 362 g/mol. The van der Waals surface area contributed by atoms with E-state index in [4.69, 9.17) is 9.72 Å². The summed E-state index contributed by atoms with van der Waals surface area (Å²) in [5.74, 6) is 0.979. The molecule has 2 aromatic heterocycles. The molecule has 1 saturated heterocycles. The average molecular weight is 396 g/mol. The highest BCUT2D eigenvalue weighted by atomic mass is 16.5. The van der Waals surface area contributed by atoms with Gasteiger partial charge in [0.05, 0.1) is 23.7 Å². The molecule has 0 aromatic carbocycles. The normalized spacial score (nSPS) is 23.3. The maximum atomic E-state index is 5.92. The van der Waals surface area contributed by atoms with Crippen LogP contribution in [0.5, 0.6) is 0 Å². The minimum absolute atomic E-state index is 0.158. The van der Waals surface area contributed by atoms with Crippen molar-refractivity contribution in [1.29, 1.82) is 0 Å². The maximum absolute atomic E-state index is 5.92. The van der Waals surface area contributed by atoms with E-state index in [-0.39, 0.29) is 6.10 Å². The van der Waals surface area contributed by atoms with Crippen LogP contribution in [0.15, 0.2) is 24.7 Å². The van der Waals surface area contributed by atoms with E-state index in [1.54, 1.807) is 0 Å². The molecule has 6 heteroatoms. The summed E-state index contributed by atoms with van der Waals surface area (Å²) in [5.41, 5.74) is 3.97. The molecule has 29 heavy (non-hydrogen) atoms. The Kier molecular flexibility index (Phi) is 6.40. The lowest BCUT2D eigenvalue weighted by Gasteiger charge is -2.41. The molecule has 156 valence electrons. The number of rotatable bonds is 5. The van der Waals surface area contributed by atoms with E-state index in [1.807, 2.05) is 32.6 Å². The second-order valence-corrected chi connectivity index (χ2v) is 8.54. The Morgan fingerprint density at radius 1 is 1.00 bits per heavy atom. The van der Waals surface area contributed by atoms with Gasteiger partial charge in [-0.1, -0.05) is 19.3 Å². The van der Waals surface area contributed by atoms with Crippen LogP contribution in [0, 0.1) is 13.8 Å². The number of anilines is 1. The second-order valence-electron chi connectivity index (χ2n) is 8.54. The summed E-state index contributed by atoms with van der Waals surface area (Å²) in [5, 5.41) is 3.90. The van der Waals surface area contributed by atoms with E-state index in [0.29, 0.717) is 12.1 Å². The third kappa shape index (κ3) is 4.75. The van der Waals surface area contributed by atoms with E-state index >= 15 is 0 Å². The van der Waals surface area contributed by atoms with Crippen LogP contribution in [0.1, 0.15) is 49.8 Å². The van der Waals surface area contributed by atoms with Crippen molar-refractivity contribution in [2.45, 2.75) is 70.6 Å². The molecule has 1 N–H and O–H groups in total. The minimum Gasteiger partial charge on any atom is -0.378 e. The van der Waals surface area contributed by atoms with Gasteiger partial charge in [-0.25, -0.2) is 4.98 Å². The summed E-state index contributed by atoms with van der Waals surface area (Å²) in [6.07, 6.45) is 13.5. The maximum Gasteiger partial charge on any atom is 0.138 e. The lowest BCUT2D eigenvalue weighted by molar-refractivity contribution is 0.0534. The average Bonchev–Trinajstić information content (AvgIpc) is 2.75. The van der Waals surface area contributed by atoms with Gasteiger partial charge in [0.25, 0.3) is 0 Å². The van der Waals surface area contributed by atoms with E-state index < -0.39 is 0 Å². The van der Waals surface area contributed by atoms with Crippen LogP contribution < -0.4 is 10.2 Å². The Morgan fingerprint density at radius 2 is 1.83 bits per heavy atom. The SMILES string of the molecule is CO[C@H]1CN(c2ncc(C)cc2-c2cnc(C)cn2)CCC1NC1CCCCC1. The molecule has 0 radical (unpaired) electrons. The van der Waals surface area contributed by atoms with Gasteiger partial charge in [-0.15, -0.1) is 0 Å². The third-order valence-electron chi connectivity index (χ3n) is 6.28. The molecule has 3 heterocycles. The number of aryl methyl sites for hydroxylation is 2. The zero-order chi connectivity index (χ0) is 20.2. The van der Waals surface area contributed by atoms with Gasteiger partial charge in [-0.05, 0) is 44.7 Å². The van der Waals surface area contributed by atoms with Gasteiger partial charge in [-0.2, -0.15) is 0 Å². The number of hydrogen-bond acceptors (Lipinski definition) is 6. The number of nitrogens with zero attached hydrogens (tertiary/aromatic N) is 4. The zero-order valence-electron chi connectivity index (χ0n) is 17.9. The van der Waals surface area contributed by atoms with Crippen LogP contribution in [-0.4, -0.2) is 53.3 Å². The number of piperidine rings is 1. The van der Waals surface area contributed by atoms with Gasteiger partial charge >= 0.3 is 0 Å². The summed E-state index contributed by atoms with van der Waals surface area (Å²) in [7, 11) is 1.83. The number of pyridine rings is 1. The van der Waals surface area contributed by atoms with Gasteiger partial charge < -0.3 is 15.0 Å². The van der Waals surface area contributed by atoms with Crippen molar-refractivity contribution in [3.63, 3.8) is 0 Å². The smallest absolute Gasteiger partial charge is 0.138 e. The minimum atomic E-state index is 0.158. The van der Waals surface area contributed by atoms with E-state index in [9.17, 15) is 0 Å². The molecule has 0 spiro atoms. The first kappa shape index (κ1) is 20.2. The molecule has 0 bridgehead atoms. The first-order valence-corrected chi connectivity index (χ1v) is 10.9. The van der Waals surface area contributed by atoms with Crippen molar-refractivity contribution < 1.29 is 4.74 Å². The first-order chi connectivity index (χ1) is 14.1. The fourth-order valence-corrected chi connectivity index (χ4v) is 4.64. The molecule has 4 rings (SSSR count). The Balaban J connectivity index is 1.52. The molecule has 2 aliphatic rings. The monoisotopic (exact) mass is 395 g/mol. The van der Waals surface area contributed by atoms with Crippen LogP contribution in [0.2, 0.25) is 0 Å². The Bertz CT molecular complexity index is 803. The van der Waals surface area contributed by atoms with Crippen LogP contribution in [0.3, 0.4) is 0 Å². The molecule has 0 amide bonds. The van der Waals surface area contributed by atoms with Crippen LogP contribution in [0.4, 0.5) is 5.82 Å². The number of methoxy groups -OCH3 is 1. The molecule has 2 aromatic rings. The van der Waals surface area contributed by atoms with Crippen molar-refractivity contribution in [1.82, 2.24) is 20.3 Å². The highest BCUT2D eigenvalue weighted by Gasteiger charge is 2.32. The Hall–Kier alpha value is -2.05. The first-order valence-electron chi connectivity index (χ1n) is 10.9. The summed E-state index contributed by atoms with van der Waals surface area (Å²) >= 11 is 0. The lowest BCUT2D eigenvalue weighted by atomic mass is 9.92. The fraction of sp³-hybridized carbons (Fsp3) is 0.609. The van der Waals surface area contributed by atoms with Gasteiger partial charge in [0.1, 0.15) is 5.82 Å². The van der Waals surface area contributed by atoms with Crippen molar-refractivity contribution in [3.8, 4) is 11.3 Å². The van der Waals surface area contributed by atoms with Crippen molar-refractivity contribution in [2.24, 2.45) is 0 Å². The molecule has 1 unspecified atom stereocenters. The number of hydrogen-bond donors (Lipinski definition) is 1. The summed E-state index contributed by atoms with van der Waals surface area (Å²) in [4.78, 5) is 16.2. The third-order valence-corrected chi connectivity index (χ3v) is 6.28. The molecule has 1 aliphatic carbocycles. The standard InChI is InChI=1S/C23H33N5O/c1-16-11-19(21-14-24-17(2)13-25-21)23(26-12-16)28-10-9-20(22(15-28)29-3)27-18-7-5-4-6-8-18/h11-14,18,20,22,27H,4-10,15H2,1-3H3/t20?,22-/m0/s1. The van der Waals surface area contributed by atoms with Crippen molar-refractivity contribution in [3.05, 3.63) is 35.9 Å². The topological polar surface area (TPSA) is 63.2 Å². The predicted octanol–water partition coefficient (Wildman–Crippen LogP) is 3.67. The van der Waals surface area contributed by atoms with Crippen LogP contribution in [-0.2, 0) is 4.74 Å². The summed E-state index contributed by atoms with van der Waals surface area (Å²) < 4.78 is 5.92. The molecule has 1 aliphatic heterocycles. The fourth-order valence-electron chi connectivity index (χ4n) is 4.64. The zero-order valence-corrected chi connectivity index (χ0v) is 17.9. The van der Waals surface area contributed by atoms with Crippen LogP contribution in [0.25, 0.3) is 11.3 Å². The van der Waals surface area contributed by atoms with Gasteiger partial charge in [0.15, 0.2) is 0 Å². The predicted molar refractivity (Wildman–Crippen MR) is 116 cm³/mol. The number of nitrogens with one attached hydrogen (secondary N) is 1. The van der Waals surface area contributed by atoms with E-state index in [2.05, 4.69) is 33.2 Å². The quantitative estimate of drug-likeness (QED) is 0.833. The van der Waals surface area contributed by atoms with E-state index in [1.165, 1.54) is 32.1 Å². The van der Waals surface area contributed by atoms with Crippen LogP contribution >= 0.6 is 0 Å². The number of ether oxygens (including phenoxy) is 1. The summed E-state index contributed by atoms with van der Waals surface area (Å²) in [6, 6.07) is 3.22. The Labute approximate surface area is 174 Å². The highest BCUT2D eigenvalue weighted by Crippen LogP contribution is 2.31. The lowest BCUT2D eigenvalue weighted by Crippen LogP contribution is -2.56. The molecule has 1 saturated carbocycles. The summed E-state index contributed by atoms with van der Waals surface area (Å²) in [6.45, 7) is 5.83.